The number of nitriles is 1. The fourth-order valence-corrected chi connectivity index (χ4v) is 4.19. The number of carbonyl (C=O) groups is 1. The minimum absolute atomic E-state index is 0.162. The number of aromatic nitrogens is 1. The van der Waals surface area contributed by atoms with Crippen LogP contribution in [0.2, 0.25) is 5.02 Å². The first-order chi connectivity index (χ1) is 14.0. The number of hydrogen-bond acceptors (Lipinski definition) is 5. The maximum absolute atomic E-state index is 13.0. The Morgan fingerprint density at radius 1 is 1.17 bits per heavy atom. The monoisotopic (exact) mass is 420 g/mol. The van der Waals surface area contributed by atoms with Crippen LogP contribution in [0, 0.1) is 11.3 Å². The molecule has 0 radical (unpaired) electrons. The molecule has 0 aliphatic carbocycles. The van der Waals surface area contributed by atoms with Crippen LogP contribution in [-0.4, -0.2) is 17.3 Å². The molecule has 2 heterocycles. The second kappa shape index (κ2) is 7.55. The van der Waals surface area contributed by atoms with Crippen LogP contribution in [0.5, 0.6) is 5.75 Å². The summed E-state index contributed by atoms with van der Waals surface area (Å²) in [6, 6.07) is 17.2. The number of ketones is 1. The van der Waals surface area contributed by atoms with E-state index in [1.54, 1.807) is 49.6 Å². The van der Waals surface area contributed by atoms with Gasteiger partial charge >= 0.3 is 0 Å². The number of fused-ring (bicyclic) bond motifs is 1. The Morgan fingerprint density at radius 2 is 1.86 bits per heavy atom. The molecule has 5 nitrogen and oxygen atoms in total. The number of thiazole rings is 1. The normalized spacial score (nSPS) is 11.6. The highest BCUT2D eigenvalue weighted by Crippen LogP contribution is 2.21. The molecule has 0 spiro atoms. The molecular formula is C22H13ClN2O3S. The Balaban J connectivity index is 1.88. The molecule has 2 aromatic heterocycles. The van der Waals surface area contributed by atoms with Crippen LogP contribution in [-0.2, 0) is 0 Å². The lowest BCUT2D eigenvalue weighted by atomic mass is 10.1. The van der Waals surface area contributed by atoms with E-state index in [2.05, 4.69) is 6.07 Å². The summed E-state index contributed by atoms with van der Waals surface area (Å²) >= 11 is 7.07. The van der Waals surface area contributed by atoms with Gasteiger partial charge in [0, 0.05) is 10.6 Å². The SMILES string of the molecule is COc1ccc(/C=c2/sc3c(C#N)cc(C(=O)c4ccc(Cl)cc4)n3c2=O)cc1. The van der Waals surface area contributed by atoms with Crippen molar-refractivity contribution in [2.75, 3.05) is 7.11 Å². The third kappa shape index (κ3) is 3.42. The maximum Gasteiger partial charge on any atom is 0.273 e. The van der Waals surface area contributed by atoms with E-state index in [1.807, 2.05) is 12.1 Å². The number of carbonyl (C=O) groups excluding carboxylic acids is 1. The van der Waals surface area contributed by atoms with Gasteiger partial charge in [0.15, 0.2) is 0 Å². The molecule has 142 valence electrons. The fourth-order valence-electron chi connectivity index (χ4n) is 2.99. The zero-order valence-corrected chi connectivity index (χ0v) is 16.8. The number of methoxy groups -OCH3 is 1. The van der Waals surface area contributed by atoms with Crippen molar-refractivity contribution in [3.05, 3.63) is 96.9 Å². The van der Waals surface area contributed by atoms with Gasteiger partial charge < -0.3 is 4.74 Å². The highest BCUT2D eigenvalue weighted by Gasteiger charge is 2.21. The van der Waals surface area contributed by atoms with Crippen LogP contribution in [0.3, 0.4) is 0 Å². The van der Waals surface area contributed by atoms with Crippen LogP contribution in [0.1, 0.15) is 27.2 Å². The number of rotatable bonds is 4. The maximum atomic E-state index is 13.0. The summed E-state index contributed by atoms with van der Waals surface area (Å²) in [5, 5.41) is 9.98. The summed E-state index contributed by atoms with van der Waals surface area (Å²) in [6.07, 6.45) is 1.73. The van der Waals surface area contributed by atoms with Gasteiger partial charge in [0.2, 0.25) is 5.78 Å². The Kier molecular flexibility index (Phi) is 4.93. The molecule has 4 aromatic rings. The first-order valence-corrected chi connectivity index (χ1v) is 9.75. The molecule has 0 saturated heterocycles. The third-order valence-corrected chi connectivity index (χ3v) is 5.81. The average Bonchev–Trinajstić information content (AvgIpc) is 3.26. The predicted octanol–water partition coefficient (Wildman–Crippen LogP) is 3.67. The number of halogens is 1. The second-order valence-corrected chi connectivity index (χ2v) is 7.69. The molecule has 0 amide bonds. The van der Waals surface area contributed by atoms with E-state index >= 15 is 0 Å². The number of hydrogen-bond donors (Lipinski definition) is 0. The molecule has 0 saturated carbocycles. The largest absolute Gasteiger partial charge is 0.497 e. The molecule has 0 aliphatic heterocycles. The standard InChI is InChI=1S/C22H13ClN2O3S/c1-28-17-8-2-13(3-9-17)10-19-21(27)25-18(11-15(12-24)22(25)29-19)20(26)14-4-6-16(23)7-5-14/h2-11H,1H3/b19-10+. The quantitative estimate of drug-likeness (QED) is 0.472. The lowest BCUT2D eigenvalue weighted by Gasteiger charge is -2.00. The van der Waals surface area contributed by atoms with Crippen molar-refractivity contribution in [2.24, 2.45) is 0 Å². The van der Waals surface area contributed by atoms with Gasteiger partial charge in [-0.05, 0) is 54.1 Å². The minimum atomic E-state index is -0.343. The van der Waals surface area contributed by atoms with Gasteiger partial charge in [0.25, 0.3) is 5.56 Å². The second-order valence-electron chi connectivity index (χ2n) is 6.22. The van der Waals surface area contributed by atoms with Crippen molar-refractivity contribution < 1.29 is 9.53 Å². The zero-order valence-electron chi connectivity index (χ0n) is 15.2. The molecule has 4 rings (SSSR count). The van der Waals surface area contributed by atoms with Crippen molar-refractivity contribution >= 4 is 39.6 Å². The number of benzene rings is 2. The molecule has 0 aliphatic rings. The van der Waals surface area contributed by atoms with Gasteiger partial charge in [0.05, 0.1) is 22.9 Å². The molecule has 29 heavy (non-hydrogen) atoms. The van der Waals surface area contributed by atoms with Crippen molar-refractivity contribution in [1.82, 2.24) is 4.40 Å². The van der Waals surface area contributed by atoms with Crippen molar-refractivity contribution in [3.63, 3.8) is 0 Å². The van der Waals surface area contributed by atoms with Crippen LogP contribution in [0.4, 0.5) is 0 Å². The lowest BCUT2D eigenvalue weighted by molar-refractivity contribution is 0.103. The van der Waals surface area contributed by atoms with Crippen LogP contribution in [0.15, 0.2) is 59.4 Å². The van der Waals surface area contributed by atoms with Gasteiger partial charge in [-0.25, -0.2) is 0 Å². The first-order valence-electron chi connectivity index (χ1n) is 8.56. The molecule has 0 unspecified atom stereocenters. The molecule has 2 aromatic carbocycles. The predicted molar refractivity (Wildman–Crippen MR) is 113 cm³/mol. The summed E-state index contributed by atoms with van der Waals surface area (Å²) in [6.45, 7) is 0. The highest BCUT2D eigenvalue weighted by molar-refractivity contribution is 7.15. The van der Waals surface area contributed by atoms with Gasteiger partial charge in [-0.3, -0.25) is 14.0 Å². The molecule has 7 heteroatoms. The van der Waals surface area contributed by atoms with Gasteiger partial charge in [-0.2, -0.15) is 5.26 Å². The van der Waals surface area contributed by atoms with E-state index in [1.165, 1.54) is 21.8 Å². The van der Waals surface area contributed by atoms with Gasteiger partial charge in [0.1, 0.15) is 16.6 Å². The Hall–Kier alpha value is -3.40. The van der Waals surface area contributed by atoms with E-state index in [9.17, 15) is 14.9 Å². The van der Waals surface area contributed by atoms with Crippen molar-refractivity contribution in [1.29, 1.82) is 5.26 Å². The van der Waals surface area contributed by atoms with Crippen LogP contribution < -0.4 is 14.8 Å². The highest BCUT2D eigenvalue weighted by atomic mass is 35.5. The third-order valence-electron chi connectivity index (χ3n) is 4.45. The molecule has 0 fully saturated rings. The Labute approximate surface area is 174 Å². The molecule has 0 N–H and O–H groups in total. The Bertz CT molecular complexity index is 1380. The molecular weight excluding hydrogens is 408 g/mol. The van der Waals surface area contributed by atoms with Crippen molar-refractivity contribution in [2.45, 2.75) is 0 Å². The smallest absolute Gasteiger partial charge is 0.273 e. The van der Waals surface area contributed by atoms with Gasteiger partial charge in [-0.1, -0.05) is 23.7 Å². The Morgan fingerprint density at radius 3 is 2.48 bits per heavy atom. The van der Waals surface area contributed by atoms with E-state index < -0.39 is 0 Å². The van der Waals surface area contributed by atoms with Crippen LogP contribution in [0.25, 0.3) is 10.9 Å². The fraction of sp³-hybridized carbons (Fsp3) is 0.0455. The first kappa shape index (κ1) is 18.9. The summed E-state index contributed by atoms with van der Waals surface area (Å²) in [7, 11) is 1.58. The molecule has 0 atom stereocenters. The minimum Gasteiger partial charge on any atom is -0.497 e. The summed E-state index contributed by atoms with van der Waals surface area (Å²) in [5.41, 5.74) is 1.33. The number of ether oxygens (including phenoxy) is 1. The van der Waals surface area contributed by atoms with Gasteiger partial charge in [-0.15, -0.1) is 11.3 Å². The number of nitrogens with zero attached hydrogens (tertiary/aromatic N) is 2. The summed E-state index contributed by atoms with van der Waals surface area (Å²) in [4.78, 5) is 26.4. The summed E-state index contributed by atoms with van der Waals surface area (Å²) < 4.78 is 6.89. The van der Waals surface area contributed by atoms with Crippen LogP contribution >= 0.6 is 22.9 Å². The summed E-state index contributed by atoms with van der Waals surface area (Å²) in [5.74, 6) is 0.371. The van der Waals surface area contributed by atoms with E-state index in [4.69, 9.17) is 16.3 Å². The van der Waals surface area contributed by atoms with E-state index in [0.717, 1.165) is 5.56 Å². The molecule has 0 bridgehead atoms. The van der Waals surface area contributed by atoms with E-state index in [0.29, 0.717) is 31.3 Å². The van der Waals surface area contributed by atoms with E-state index in [-0.39, 0.29) is 17.0 Å². The lowest BCUT2D eigenvalue weighted by Crippen LogP contribution is -2.25. The topological polar surface area (TPSA) is 71.6 Å². The average molecular weight is 421 g/mol. The van der Waals surface area contributed by atoms with Crippen molar-refractivity contribution in [3.8, 4) is 11.8 Å². The zero-order chi connectivity index (χ0) is 20.5.